The molecule has 82 valence electrons. The highest BCUT2D eigenvalue weighted by molar-refractivity contribution is 9.12. The van der Waals surface area contributed by atoms with Gasteiger partial charge < -0.3 is 0 Å². The third-order valence-electron chi connectivity index (χ3n) is 2.27. The summed E-state index contributed by atoms with van der Waals surface area (Å²) in [6.45, 7) is 4.20. The highest BCUT2D eigenvalue weighted by Crippen LogP contribution is 2.22. The Bertz CT molecular complexity index is 347. The van der Waals surface area contributed by atoms with Crippen LogP contribution in [0.2, 0.25) is 0 Å². The molecule has 0 saturated carbocycles. The minimum atomic E-state index is -0.141. The lowest BCUT2D eigenvalue weighted by Crippen LogP contribution is -2.17. The zero-order valence-electron chi connectivity index (χ0n) is 8.84. The van der Waals surface area contributed by atoms with Crippen molar-refractivity contribution in [1.82, 2.24) is 0 Å². The van der Waals surface area contributed by atoms with E-state index in [9.17, 15) is 4.79 Å². The maximum atomic E-state index is 12.0. The van der Waals surface area contributed by atoms with Crippen LogP contribution in [0, 0.1) is 0 Å². The second-order valence-electron chi connectivity index (χ2n) is 3.73. The highest BCUT2D eigenvalue weighted by Gasteiger charge is 2.19. The van der Waals surface area contributed by atoms with Gasteiger partial charge in [-0.05, 0) is 11.5 Å². The summed E-state index contributed by atoms with van der Waals surface area (Å²) in [5.74, 6) is 0.524. The lowest BCUT2D eigenvalue weighted by atomic mass is 9.94. The standard InChI is InChI=1S/C12H14Br2O/c1-8(2)9-5-3-4-6-10(9)12(15)11(14)7-13/h3-6,8,11H,7H2,1-2H3. The van der Waals surface area contributed by atoms with E-state index < -0.39 is 0 Å². The van der Waals surface area contributed by atoms with Gasteiger partial charge in [0.25, 0.3) is 0 Å². The molecule has 0 radical (unpaired) electrons. The van der Waals surface area contributed by atoms with Crippen LogP contribution in [0.3, 0.4) is 0 Å². The van der Waals surface area contributed by atoms with Crippen molar-refractivity contribution in [2.24, 2.45) is 0 Å². The van der Waals surface area contributed by atoms with Gasteiger partial charge in [0.05, 0.1) is 4.83 Å². The number of carbonyl (C=O) groups excluding carboxylic acids is 1. The van der Waals surface area contributed by atoms with Crippen molar-refractivity contribution in [1.29, 1.82) is 0 Å². The first-order valence-corrected chi connectivity index (χ1v) is 6.94. The summed E-state index contributed by atoms with van der Waals surface area (Å²) in [6.07, 6.45) is 0. The Hall–Kier alpha value is -0.150. The molecule has 0 spiro atoms. The van der Waals surface area contributed by atoms with E-state index in [1.54, 1.807) is 0 Å². The Kier molecular flexibility index (Phi) is 5.00. The zero-order valence-corrected chi connectivity index (χ0v) is 12.0. The van der Waals surface area contributed by atoms with Gasteiger partial charge >= 0.3 is 0 Å². The monoisotopic (exact) mass is 332 g/mol. The number of benzene rings is 1. The second-order valence-corrected chi connectivity index (χ2v) is 5.48. The van der Waals surface area contributed by atoms with E-state index in [1.807, 2.05) is 24.3 Å². The lowest BCUT2D eigenvalue weighted by Gasteiger charge is -2.13. The number of rotatable bonds is 4. The molecule has 0 N–H and O–H groups in total. The Morgan fingerprint density at radius 2 is 1.93 bits per heavy atom. The largest absolute Gasteiger partial charge is 0.293 e. The smallest absolute Gasteiger partial charge is 0.177 e. The van der Waals surface area contributed by atoms with Crippen LogP contribution < -0.4 is 0 Å². The van der Waals surface area contributed by atoms with Gasteiger partial charge in [-0.25, -0.2) is 0 Å². The molecule has 0 amide bonds. The third-order valence-corrected chi connectivity index (χ3v) is 4.52. The molecule has 1 rings (SSSR count). The Labute approximate surface area is 108 Å². The van der Waals surface area contributed by atoms with Crippen LogP contribution in [0.15, 0.2) is 24.3 Å². The van der Waals surface area contributed by atoms with Crippen molar-refractivity contribution in [3.8, 4) is 0 Å². The summed E-state index contributed by atoms with van der Waals surface area (Å²) < 4.78 is 0. The van der Waals surface area contributed by atoms with Crippen molar-refractivity contribution in [2.75, 3.05) is 5.33 Å². The highest BCUT2D eigenvalue weighted by atomic mass is 79.9. The number of alkyl halides is 2. The molecule has 0 aliphatic carbocycles. The van der Waals surface area contributed by atoms with Gasteiger partial charge in [0.15, 0.2) is 5.78 Å². The molecule has 0 fully saturated rings. The number of Topliss-reactive ketones (excluding diaryl/α,β-unsaturated/α-hetero) is 1. The Morgan fingerprint density at radius 1 is 1.33 bits per heavy atom. The molecule has 1 aromatic carbocycles. The van der Waals surface area contributed by atoms with Gasteiger partial charge in [-0.1, -0.05) is 70.0 Å². The van der Waals surface area contributed by atoms with Crippen molar-refractivity contribution >= 4 is 37.6 Å². The molecular formula is C12H14Br2O. The minimum absolute atomic E-state index is 0.141. The first-order valence-electron chi connectivity index (χ1n) is 4.91. The number of hydrogen-bond donors (Lipinski definition) is 0. The number of hydrogen-bond acceptors (Lipinski definition) is 1. The molecular weight excluding hydrogens is 320 g/mol. The van der Waals surface area contributed by atoms with Gasteiger partial charge in [-0.2, -0.15) is 0 Å². The molecule has 0 aliphatic heterocycles. The molecule has 1 aromatic rings. The average Bonchev–Trinajstić information content (AvgIpc) is 2.27. The topological polar surface area (TPSA) is 17.1 Å². The van der Waals surface area contributed by atoms with Gasteiger partial charge in [-0.3, -0.25) is 4.79 Å². The van der Waals surface area contributed by atoms with Crippen LogP contribution in [0.4, 0.5) is 0 Å². The van der Waals surface area contributed by atoms with Crippen LogP contribution >= 0.6 is 31.9 Å². The molecule has 1 nitrogen and oxygen atoms in total. The Balaban J connectivity index is 3.08. The predicted molar refractivity (Wildman–Crippen MR) is 71.4 cm³/mol. The quantitative estimate of drug-likeness (QED) is 0.597. The number of carbonyl (C=O) groups is 1. The summed E-state index contributed by atoms with van der Waals surface area (Å²) in [5.41, 5.74) is 1.95. The molecule has 1 atom stereocenters. The summed E-state index contributed by atoms with van der Waals surface area (Å²) in [6, 6.07) is 7.80. The van der Waals surface area contributed by atoms with Crippen LogP contribution in [-0.4, -0.2) is 15.9 Å². The fourth-order valence-corrected chi connectivity index (χ4v) is 2.00. The van der Waals surface area contributed by atoms with E-state index in [4.69, 9.17) is 0 Å². The fourth-order valence-electron chi connectivity index (χ4n) is 1.46. The van der Waals surface area contributed by atoms with Gasteiger partial charge in [0.2, 0.25) is 0 Å². The molecule has 3 heteroatoms. The van der Waals surface area contributed by atoms with E-state index in [2.05, 4.69) is 45.7 Å². The van der Waals surface area contributed by atoms with Crippen LogP contribution in [0.25, 0.3) is 0 Å². The maximum absolute atomic E-state index is 12.0. The first kappa shape index (κ1) is 12.9. The van der Waals surface area contributed by atoms with E-state index in [0.29, 0.717) is 11.2 Å². The second kappa shape index (κ2) is 5.80. The van der Waals surface area contributed by atoms with Crippen molar-refractivity contribution in [3.05, 3.63) is 35.4 Å². The predicted octanol–water partition coefficient (Wildman–Crippen LogP) is 4.15. The van der Waals surface area contributed by atoms with Gasteiger partial charge in [0, 0.05) is 10.9 Å². The van der Waals surface area contributed by atoms with Crippen LogP contribution in [0.5, 0.6) is 0 Å². The molecule has 0 bridgehead atoms. The van der Waals surface area contributed by atoms with Crippen molar-refractivity contribution in [2.45, 2.75) is 24.6 Å². The van der Waals surface area contributed by atoms with Crippen molar-refractivity contribution in [3.63, 3.8) is 0 Å². The fraction of sp³-hybridized carbons (Fsp3) is 0.417. The normalized spacial score (nSPS) is 12.9. The van der Waals surface area contributed by atoms with Gasteiger partial charge in [-0.15, -0.1) is 0 Å². The van der Waals surface area contributed by atoms with E-state index in [-0.39, 0.29) is 10.6 Å². The third kappa shape index (κ3) is 3.15. The van der Waals surface area contributed by atoms with E-state index in [1.165, 1.54) is 0 Å². The lowest BCUT2D eigenvalue weighted by molar-refractivity contribution is 0.0996. The maximum Gasteiger partial charge on any atom is 0.177 e. The van der Waals surface area contributed by atoms with Crippen LogP contribution in [0.1, 0.15) is 35.7 Å². The van der Waals surface area contributed by atoms with E-state index in [0.717, 1.165) is 11.1 Å². The van der Waals surface area contributed by atoms with Crippen molar-refractivity contribution < 1.29 is 4.79 Å². The summed E-state index contributed by atoms with van der Waals surface area (Å²) in [4.78, 5) is 11.9. The Morgan fingerprint density at radius 3 is 2.47 bits per heavy atom. The molecule has 0 aromatic heterocycles. The summed E-state index contributed by atoms with van der Waals surface area (Å²) >= 11 is 6.67. The zero-order chi connectivity index (χ0) is 11.4. The number of ketones is 1. The summed E-state index contributed by atoms with van der Waals surface area (Å²) in [5, 5.41) is 0.637. The summed E-state index contributed by atoms with van der Waals surface area (Å²) in [7, 11) is 0. The SMILES string of the molecule is CC(C)c1ccccc1C(=O)C(Br)CBr. The van der Waals surface area contributed by atoms with E-state index >= 15 is 0 Å². The van der Waals surface area contributed by atoms with Gasteiger partial charge in [0.1, 0.15) is 0 Å². The average molecular weight is 334 g/mol. The molecule has 1 unspecified atom stereocenters. The molecule has 15 heavy (non-hydrogen) atoms. The molecule has 0 aliphatic rings. The molecule has 0 saturated heterocycles. The van der Waals surface area contributed by atoms with Crippen LogP contribution in [-0.2, 0) is 0 Å². The minimum Gasteiger partial charge on any atom is -0.293 e. The number of halogens is 2. The first-order chi connectivity index (χ1) is 7.07. The molecule has 0 heterocycles.